The summed E-state index contributed by atoms with van der Waals surface area (Å²) in [5.41, 5.74) is 1.46. The first kappa shape index (κ1) is 20.5. The molecule has 0 aromatic heterocycles. The van der Waals surface area contributed by atoms with E-state index in [0.29, 0.717) is 6.04 Å². The summed E-state index contributed by atoms with van der Waals surface area (Å²) in [6.45, 7) is 7.95. The molecule has 2 saturated heterocycles. The number of guanidine groups is 1. The van der Waals surface area contributed by atoms with Gasteiger partial charge in [-0.3, -0.25) is 9.89 Å². The molecule has 2 fully saturated rings. The molecule has 0 bridgehead atoms. The molecular weight excluding hydrogens is 423 g/mol. The Balaban J connectivity index is 0.00000225. The average Bonchev–Trinajstić information content (AvgIpc) is 3.26. The molecule has 2 aliphatic rings. The Morgan fingerprint density at radius 1 is 1.20 bits per heavy atom. The molecule has 0 radical (unpaired) electrons. The van der Waals surface area contributed by atoms with Crippen LogP contribution in [-0.2, 0) is 6.42 Å². The van der Waals surface area contributed by atoms with Crippen LogP contribution in [0.25, 0.3) is 0 Å². The Morgan fingerprint density at radius 3 is 2.72 bits per heavy atom. The molecule has 0 saturated carbocycles. The molecule has 2 atom stereocenters. The van der Waals surface area contributed by atoms with Gasteiger partial charge in [-0.05, 0) is 50.3 Å². The van der Waals surface area contributed by atoms with E-state index in [9.17, 15) is 0 Å². The van der Waals surface area contributed by atoms with Crippen LogP contribution in [0.15, 0.2) is 35.3 Å². The van der Waals surface area contributed by atoms with Crippen molar-refractivity contribution in [1.29, 1.82) is 0 Å². The number of halogens is 1. The fourth-order valence-corrected chi connectivity index (χ4v) is 4.22. The Bertz CT molecular complexity index is 534. The molecule has 25 heavy (non-hydrogen) atoms. The first-order chi connectivity index (χ1) is 11.8. The molecule has 0 amide bonds. The highest BCUT2D eigenvalue weighted by Gasteiger charge is 2.27. The third-order valence-electron chi connectivity index (χ3n) is 5.57. The lowest BCUT2D eigenvalue weighted by Gasteiger charge is -2.27. The zero-order valence-corrected chi connectivity index (χ0v) is 18.0. The van der Waals surface area contributed by atoms with Gasteiger partial charge in [-0.1, -0.05) is 37.3 Å². The first-order valence-electron chi connectivity index (χ1n) is 9.53. The SMILES string of the molecule is CCN1CCCC1CNC(=NC)N1CCC(Cc2ccccc2)C1.I. The predicted molar refractivity (Wildman–Crippen MR) is 117 cm³/mol. The fraction of sp³-hybridized carbons (Fsp3) is 0.650. The van der Waals surface area contributed by atoms with Crippen molar-refractivity contribution in [3.05, 3.63) is 35.9 Å². The van der Waals surface area contributed by atoms with Crippen molar-refractivity contribution in [3.63, 3.8) is 0 Å². The van der Waals surface area contributed by atoms with Gasteiger partial charge in [0.15, 0.2) is 5.96 Å². The maximum atomic E-state index is 4.54. The molecule has 3 rings (SSSR count). The summed E-state index contributed by atoms with van der Waals surface area (Å²) < 4.78 is 0. The lowest BCUT2D eigenvalue weighted by atomic mass is 9.99. The second kappa shape index (κ2) is 10.4. The number of rotatable bonds is 5. The standard InChI is InChI=1S/C20H32N4.HI/c1-3-23-12-7-10-19(23)15-22-20(21-2)24-13-11-18(16-24)14-17-8-5-4-6-9-17;/h4-6,8-9,18-19H,3,7,10-16H2,1-2H3,(H,21,22);1H. The monoisotopic (exact) mass is 456 g/mol. The fourth-order valence-electron chi connectivity index (χ4n) is 4.22. The third-order valence-corrected chi connectivity index (χ3v) is 5.57. The van der Waals surface area contributed by atoms with Crippen molar-refractivity contribution in [2.24, 2.45) is 10.9 Å². The minimum atomic E-state index is 0. The van der Waals surface area contributed by atoms with Crippen LogP contribution in [0.1, 0.15) is 31.7 Å². The number of likely N-dealkylation sites (N-methyl/N-ethyl adjacent to an activating group) is 1. The molecule has 0 aliphatic carbocycles. The molecule has 2 aliphatic heterocycles. The van der Waals surface area contributed by atoms with E-state index in [4.69, 9.17) is 0 Å². The van der Waals surface area contributed by atoms with Crippen molar-refractivity contribution in [3.8, 4) is 0 Å². The molecular formula is C20H33IN4. The van der Waals surface area contributed by atoms with Crippen LogP contribution in [0.3, 0.4) is 0 Å². The normalized spacial score (nSPS) is 24.4. The predicted octanol–water partition coefficient (Wildman–Crippen LogP) is 3.23. The van der Waals surface area contributed by atoms with Gasteiger partial charge in [0.05, 0.1) is 0 Å². The number of nitrogens with one attached hydrogen (secondary N) is 1. The quantitative estimate of drug-likeness (QED) is 0.420. The number of nitrogens with zero attached hydrogens (tertiary/aromatic N) is 3. The maximum Gasteiger partial charge on any atom is 0.193 e. The topological polar surface area (TPSA) is 30.9 Å². The maximum absolute atomic E-state index is 4.54. The molecule has 0 spiro atoms. The molecule has 140 valence electrons. The Morgan fingerprint density at radius 2 is 2.00 bits per heavy atom. The first-order valence-corrected chi connectivity index (χ1v) is 9.53. The van der Waals surface area contributed by atoms with E-state index in [-0.39, 0.29) is 24.0 Å². The molecule has 2 heterocycles. The van der Waals surface area contributed by atoms with Crippen LogP contribution in [0.2, 0.25) is 0 Å². The van der Waals surface area contributed by atoms with E-state index in [1.807, 2.05) is 7.05 Å². The van der Waals surface area contributed by atoms with Gasteiger partial charge in [-0.25, -0.2) is 0 Å². The van der Waals surface area contributed by atoms with Crippen LogP contribution >= 0.6 is 24.0 Å². The van der Waals surface area contributed by atoms with Crippen LogP contribution in [-0.4, -0.2) is 61.6 Å². The summed E-state index contributed by atoms with van der Waals surface area (Å²) >= 11 is 0. The van der Waals surface area contributed by atoms with E-state index in [2.05, 4.69) is 57.4 Å². The lowest BCUT2D eigenvalue weighted by molar-refractivity contribution is 0.265. The van der Waals surface area contributed by atoms with Gasteiger partial charge >= 0.3 is 0 Å². The summed E-state index contributed by atoms with van der Waals surface area (Å²) in [6, 6.07) is 11.5. The average molecular weight is 456 g/mol. The Labute approximate surface area is 170 Å². The smallest absolute Gasteiger partial charge is 0.193 e. The van der Waals surface area contributed by atoms with Gasteiger partial charge in [0.2, 0.25) is 0 Å². The number of hydrogen-bond donors (Lipinski definition) is 1. The lowest BCUT2D eigenvalue weighted by Crippen LogP contribution is -2.46. The second-order valence-electron chi connectivity index (χ2n) is 7.14. The van der Waals surface area contributed by atoms with Crippen molar-refractivity contribution in [1.82, 2.24) is 15.1 Å². The van der Waals surface area contributed by atoms with Gasteiger partial charge in [-0.15, -0.1) is 24.0 Å². The highest BCUT2D eigenvalue weighted by molar-refractivity contribution is 14.0. The van der Waals surface area contributed by atoms with Crippen molar-refractivity contribution in [2.45, 2.75) is 38.6 Å². The van der Waals surface area contributed by atoms with Gasteiger partial charge in [0, 0.05) is 32.7 Å². The third kappa shape index (κ3) is 5.58. The van der Waals surface area contributed by atoms with Crippen LogP contribution in [0.4, 0.5) is 0 Å². The van der Waals surface area contributed by atoms with Crippen molar-refractivity contribution >= 4 is 29.9 Å². The summed E-state index contributed by atoms with van der Waals surface area (Å²) in [6.07, 6.45) is 5.09. The highest BCUT2D eigenvalue weighted by atomic mass is 127. The van der Waals surface area contributed by atoms with E-state index in [0.717, 1.165) is 38.1 Å². The zero-order chi connectivity index (χ0) is 16.8. The van der Waals surface area contributed by atoms with E-state index in [1.165, 1.54) is 37.8 Å². The second-order valence-corrected chi connectivity index (χ2v) is 7.14. The highest BCUT2D eigenvalue weighted by Crippen LogP contribution is 2.21. The molecule has 1 aromatic rings. The summed E-state index contributed by atoms with van der Waals surface area (Å²) in [7, 11) is 1.92. The largest absolute Gasteiger partial charge is 0.355 e. The zero-order valence-electron chi connectivity index (χ0n) is 15.7. The van der Waals surface area contributed by atoms with Crippen molar-refractivity contribution in [2.75, 3.05) is 39.8 Å². The molecule has 5 heteroatoms. The van der Waals surface area contributed by atoms with Gasteiger partial charge < -0.3 is 10.2 Å². The van der Waals surface area contributed by atoms with Gasteiger partial charge in [-0.2, -0.15) is 0 Å². The molecule has 1 N–H and O–H groups in total. The summed E-state index contributed by atoms with van der Waals surface area (Å²) in [5, 5.41) is 3.64. The van der Waals surface area contributed by atoms with E-state index >= 15 is 0 Å². The van der Waals surface area contributed by atoms with E-state index in [1.54, 1.807) is 0 Å². The number of benzene rings is 1. The Hall–Kier alpha value is -0.820. The number of likely N-dealkylation sites (tertiary alicyclic amines) is 2. The van der Waals surface area contributed by atoms with Crippen molar-refractivity contribution < 1.29 is 0 Å². The molecule has 4 nitrogen and oxygen atoms in total. The number of hydrogen-bond acceptors (Lipinski definition) is 2. The van der Waals surface area contributed by atoms with Crippen LogP contribution in [0, 0.1) is 5.92 Å². The minimum Gasteiger partial charge on any atom is -0.355 e. The summed E-state index contributed by atoms with van der Waals surface area (Å²) in [4.78, 5) is 9.57. The van der Waals surface area contributed by atoms with Crippen LogP contribution < -0.4 is 5.32 Å². The number of aliphatic imine (C=N–C) groups is 1. The van der Waals surface area contributed by atoms with Gasteiger partial charge in [0.1, 0.15) is 0 Å². The summed E-state index contributed by atoms with van der Waals surface area (Å²) in [5.74, 6) is 1.83. The minimum absolute atomic E-state index is 0. The Kier molecular flexibility index (Phi) is 8.49. The molecule has 1 aromatic carbocycles. The van der Waals surface area contributed by atoms with Gasteiger partial charge in [0.25, 0.3) is 0 Å². The molecule has 2 unspecified atom stereocenters. The van der Waals surface area contributed by atoms with Crippen LogP contribution in [0.5, 0.6) is 0 Å². The van der Waals surface area contributed by atoms with E-state index < -0.39 is 0 Å².